The summed E-state index contributed by atoms with van der Waals surface area (Å²) in [5.41, 5.74) is 6.61. The molecular formula is C15H19N3O. The topological polar surface area (TPSA) is 60.9 Å². The van der Waals surface area contributed by atoms with Crippen LogP contribution in [0.2, 0.25) is 0 Å². The van der Waals surface area contributed by atoms with Crippen molar-refractivity contribution in [3.8, 4) is 0 Å². The van der Waals surface area contributed by atoms with Gasteiger partial charge in [-0.2, -0.15) is 0 Å². The molecule has 1 aromatic carbocycles. The summed E-state index contributed by atoms with van der Waals surface area (Å²) in [6.07, 6.45) is 5.77. The van der Waals surface area contributed by atoms with E-state index in [4.69, 9.17) is 5.73 Å². The number of nitrogens with zero attached hydrogens (tertiary/aromatic N) is 2. The van der Waals surface area contributed by atoms with Crippen LogP contribution in [-0.2, 0) is 6.54 Å². The Labute approximate surface area is 112 Å². The fourth-order valence-electron chi connectivity index (χ4n) is 3.05. The highest BCUT2D eigenvalue weighted by molar-refractivity contribution is 5.77. The number of rotatable bonds is 2. The first-order valence-corrected chi connectivity index (χ1v) is 7.01. The van der Waals surface area contributed by atoms with Gasteiger partial charge in [-0.05, 0) is 25.0 Å². The Morgan fingerprint density at radius 2 is 1.95 bits per heavy atom. The van der Waals surface area contributed by atoms with Gasteiger partial charge in [0.25, 0.3) is 5.56 Å². The first-order valence-electron chi connectivity index (χ1n) is 7.01. The van der Waals surface area contributed by atoms with Crippen molar-refractivity contribution in [3.05, 3.63) is 40.4 Å². The van der Waals surface area contributed by atoms with Gasteiger partial charge in [-0.25, -0.2) is 4.98 Å². The van der Waals surface area contributed by atoms with Crippen LogP contribution in [0.1, 0.15) is 44.0 Å². The van der Waals surface area contributed by atoms with Crippen LogP contribution in [0.15, 0.2) is 29.1 Å². The Kier molecular flexibility index (Phi) is 3.34. The van der Waals surface area contributed by atoms with Crippen molar-refractivity contribution in [1.82, 2.24) is 9.55 Å². The number of hydrogen-bond donors (Lipinski definition) is 1. The molecule has 0 amide bonds. The van der Waals surface area contributed by atoms with Gasteiger partial charge >= 0.3 is 0 Å². The van der Waals surface area contributed by atoms with Crippen LogP contribution in [0.5, 0.6) is 0 Å². The molecular weight excluding hydrogens is 238 g/mol. The number of benzene rings is 1. The fourth-order valence-corrected chi connectivity index (χ4v) is 3.05. The molecule has 100 valence electrons. The van der Waals surface area contributed by atoms with E-state index in [1.54, 1.807) is 0 Å². The van der Waals surface area contributed by atoms with E-state index >= 15 is 0 Å². The molecule has 2 aromatic rings. The van der Waals surface area contributed by atoms with Crippen LogP contribution in [0.3, 0.4) is 0 Å². The molecule has 4 heteroatoms. The first-order chi connectivity index (χ1) is 9.31. The van der Waals surface area contributed by atoms with Crippen LogP contribution < -0.4 is 11.3 Å². The lowest BCUT2D eigenvalue weighted by Crippen LogP contribution is -2.31. The smallest absolute Gasteiger partial charge is 0.261 e. The fraction of sp³-hybridized carbons (Fsp3) is 0.467. The van der Waals surface area contributed by atoms with E-state index in [0.29, 0.717) is 11.9 Å². The lowest BCUT2D eigenvalue weighted by atomic mass is 9.95. The van der Waals surface area contributed by atoms with Crippen molar-refractivity contribution in [3.63, 3.8) is 0 Å². The predicted molar refractivity (Wildman–Crippen MR) is 76.0 cm³/mol. The molecule has 1 aliphatic rings. The van der Waals surface area contributed by atoms with Gasteiger partial charge in [0, 0.05) is 6.04 Å². The summed E-state index contributed by atoms with van der Waals surface area (Å²) in [6.45, 7) is 0.316. The molecule has 1 fully saturated rings. The number of fused-ring (bicyclic) bond motifs is 1. The van der Waals surface area contributed by atoms with Crippen molar-refractivity contribution in [2.24, 2.45) is 5.73 Å². The third kappa shape index (κ3) is 2.16. The number of hydrogen-bond acceptors (Lipinski definition) is 3. The molecule has 0 unspecified atom stereocenters. The van der Waals surface area contributed by atoms with Crippen LogP contribution in [0, 0.1) is 0 Å². The predicted octanol–water partition coefficient (Wildman–Crippen LogP) is 2.36. The van der Waals surface area contributed by atoms with E-state index in [1.807, 2.05) is 28.8 Å². The van der Waals surface area contributed by atoms with Gasteiger partial charge in [0.15, 0.2) is 0 Å². The summed E-state index contributed by atoms with van der Waals surface area (Å²) in [4.78, 5) is 17.2. The van der Waals surface area contributed by atoms with Gasteiger partial charge in [0.1, 0.15) is 5.82 Å². The van der Waals surface area contributed by atoms with E-state index in [0.717, 1.165) is 24.2 Å². The highest BCUT2D eigenvalue weighted by Gasteiger charge is 2.20. The van der Waals surface area contributed by atoms with Gasteiger partial charge in [-0.3, -0.25) is 9.36 Å². The third-order valence-corrected chi connectivity index (χ3v) is 4.00. The zero-order valence-corrected chi connectivity index (χ0v) is 11.0. The molecule has 1 saturated carbocycles. The van der Waals surface area contributed by atoms with Crippen molar-refractivity contribution in [1.29, 1.82) is 0 Å². The van der Waals surface area contributed by atoms with Crippen LogP contribution in [-0.4, -0.2) is 9.55 Å². The molecule has 0 aliphatic heterocycles. The highest BCUT2D eigenvalue weighted by Crippen LogP contribution is 2.28. The van der Waals surface area contributed by atoms with Crippen molar-refractivity contribution >= 4 is 10.9 Å². The number of nitrogens with two attached hydrogens (primary N) is 1. The quantitative estimate of drug-likeness (QED) is 0.898. The summed E-state index contributed by atoms with van der Waals surface area (Å²) >= 11 is 0. The molecule has 0 spiro atoms. The second kappa shape index (κ2) is 5.13. The SMILES string of the molecule is NCc1nc2ccccc2c(=O)n1C1CCCCC1. The lowest BCUT2D eigenvalue weighted by molar-refractivity contribution is 0.336. The molecule has 4 nitrogen and oxygen atoms in total. The van der Waals surface area contributed by atoms with Gasteiger partial charge in [-0.1, -0.05) is 31.4 Å². The zero-order valence-electron chi connectivity index (χ0n) is 11.0. The van der Waals surface area contributed by atoms with E-state index < -0.39 is 0 Å². The summed E-state index contributed by atoms with van der Waals surface area (Å²) in [6, 6.07) is 7.79. The van der Waals surface area contributed by atoms with Gasteiger partial charge in [0.2, 0.25) is 0 Å². The Balaban J connectivity index is 2.21. The number of para-hydroxylation sites is 1. The zero-order chi connectivity index (χ0) is 13.2. The van der Waals surface area contributed by atoms with Crippen LogP contribution in [0.25, 0.3) is 10.9 Å². The molecule has 0 radical (unpaired) electrons. The summed E-state index contributed by atoms with van der Waals surface area (Å²) in [5.74, 6) is 0.718. The molecule has 3 rings (SSSR count). The van der Waals surface area contributed by atoms with Gasteiger partial charge < -0.3 is 5.73 Å². The summed E-state index contributed by atoms with van der Waals surface area (Å²) < 4.78 is 1.85. The molecule has 1 aromatic heterocycles. The van der Waals surface area contributed by atoms with Crippen LogP contribution >= 0.6 is 0 Å². The second-order valence-corrected chi connectivity index (χ2v) is 5.22. The minimum absolute atomic E-state index is 0.0675. The monoisotopic (exact) mass is 257 g/mol. The molecule has 19 heavy (non-hydrogen) atoms. The van der Waals surface area contributed by atoms with E-state index in [-0.39, 0.29) is 11.6 Å². The van der Waals surface area contributed by atoms with E-state index in [1.165, 1.54) is 19.3 Å². The Morgan fingerprint density at radius 1 is 1.21 bits per heavy atom. The molecule has 0 bridgehead atoms. The minimum atomic E-state index is 0.0675. The summed E-state index contributed by atoms with van der Waals surface area (Å²) in [7, 11) is 0. The molecule has 0 atom stereocenters. The average Bonchev–Trinajstić information content (AvgIpc) is 2.48. The molecule has 1 aliphatic carbocycles. The van der Waals surface area contributed by atoms with Gasteiger partial charge in [-0.15, -0.1) is 0 Å². The Morgan fingerprint density at radius 3 is 2.68 bits per heavy atom. The second-order valence-electron chi connectivity index (χ2n) is 5.22. The maximum absolute atomic E-state index is 12.7. The van der Waals surface area contributed by atoms with E-state index in [2.05, 4.69) is 4.98 Å². The first kappa shape index (κ1) is 12.4. The maximum Gasteiger partial charge on any atom is 0.261 e. The Hall–Kier alpha value is -1.68. The van der Waals surface area contributed by atoms with Crippen LogP contribution in [0.4, 0.5) is 0 Å². The molecule has 1 heterocycles. The third-order valence-electron chi connectivity index (χ3n) is 4.00. The largest absolute Gasteiger partial charge is 0.324 e. The summed E-state index contributed by atoms with van der Waals surface area (Å²) in [5, 5.41) is 0.699. The lowest BCUT2D eigenvalue weighted by Gasteiger charge is -2.26. The van der Waals surface area contributed by atoms with Crippen molar-refractivity contribution in [2.45, 2.75) is 44.7 Å². The van der Waals surface area contributed by atoms with Crippen molar-refractivity contribution in [2.75, 3.05) is 0 Å². The minimum Gasteiger partial charge on any atom is -0.324 e. The maximum atomic E-state index is 12.7. The normalized spacial score (nSPS) is 16.9. The molecule has 2 N–H and O–H groups in total. The molecule has 0 saturated heterocycles. The number of aromatic nitrogens is 2. The van der Waals surface area contributed by atoms with E-state index in [9.17, 15) is 4.79 Å². The highest BCUT2D eigenvalue weighted by atomic mass is 16.1. The van der Waals surface area contributed by atoms with Crippen molar-refractivity contribution < 1.29 is 0 Å². The standard InChI is InChI=1S/C15H19N3O/c16-10-14-17-13-9-5-4-8-12(13)15(19)18(14)11-6-2-1-3-7-11/h4-5,8-9,11H,1-3,6-7,10,16H2. The van der Waals surface area contributed by atoms with Gasteiger partial charge in [0.05, 0.1) is 17.4 Å². The average molecular weight is 257 g/mol. The Bertz CT molecular complexity index is 641.